The maximum atomic E-state index is 12.3. The van der Waals surface area contributed by atoms with Crippen molar-refractivity contribution in [2.45, 2.75) is 44.2 Å². The van der Waals surface area contributed by atoms with Crippen LogP contribution in [0.1, 0.15) is 38.2 Å². The summed E-state index contributed by atoms with van der Waals surface area (Å²) < 4.78 is 0. The van der Waals surface area contributed by atoms with Crippen LogP contribution in [0, 0.1) is 0 Å². The number of likely N-dealkylation sites (tertiary alicyclic amines) is 1. The minimum Gasteiger partial charge on any atom is -0.368 e. The van der Waals surface area contributed by atoms with E-state index >= 15 is 0 Å². The summed E-state index contributed by atoms with van der Waals surface area (Å²) in [4.78, 5) is 14.7. The minimum absolute atomic E-state index is 0.312. The van der Waals surface area contributed by atoms with Gasteiger partial charge in [0.2, 0.25) is 5.91 Å². The predicted octanol–water partition coefficient (Wildman–Crippen LogP) is 1.85. The number of primary amides is 1. The monoisotopic (exact) mass is 289 g/mol. The molecule has 0 aromatic heterocycles. The van der Waals surface area contributed by atoms with Gasteiger partial charge in [0.05, 0.1) is 0 Å². The van der Waals surface area contributed by atoms with E-state index in [9.17, 15) is 4.79 Å². The van der Waals surface area contributed by atoms with Crippen molar-refractivity contribution in [3.05, 3.63) is 35.9 Å². The van der Waals surface area contributed by atoms with E-state index in [0.29, 0.717) is 12.6 Å². The van der Waals surface area contributed by atoms with E-state index in [1.54, 1.807) is 0 Å². The molecular formula is C17H27N3O. The third-order valence-corrected chi connectivity index (χ3v) is 4.74. The van der Waals surface area contributed by atoms with Crippen molar-refractivity contribution in [3.8, 4) is 0 Å². The number of nitrogens with zero attached hydrogens (tertiary/aromatic N) is 1. The zero-order chi connectivity index (χ0) is 15.3. The third kappa shape index (κ3) is 3.44. The van der Waals surface area contributed by atoms with E-state index in [0.717, 1.165) is 12.1 Å². The zero-order valence-corrected chi connectivity index (χ0v) is 13.1. The van der Waals surface area contributed by atoms with Gasteiger partial charge in [-0.1, -0.05) is 43.2 Å². The Bertz CT molecular complexity index is 462. The van der Waals surface area contributed by atoms with Crippen LogP contribution in [-0.4, -0.2) is 37.0 Å². The molecule has 1 aromatic rings. The number of hydrogen-bond acceptors (Lipinski definition) is 3. The molecule has 1 heterocycles. The highest BCUT2D eigenvalue weighted by Gasteiger charge is 2.39. The summed E-state index contributed by atoms with van der Waals surface area (Å²) in [5, 5.41) is 3.20. The molecule has 2 rings (SSSR count). The van der Waals surface area contributed by atoms with Gasteiger partial charge in [-0.3, -0.25) is 9.69 Å². The number of carbonyl (C=O) groups is 1. The molecule has 1 fully saturated rings. The number of amides is 1. The van der Waals surface area contributed by atoms with Gasteiger partial charge in [0.25, 0.3) is 0 Å². The third-order valence-electron chi connectivity index (χ3n) is 4.74. The van der Waals surface area contributed by atoms with E-state index in [1.165, 1.54) is 25.7 Å². The van der Waals surface area contributed by atoms with Gasteiger partial charge in [-0.15, -0.1) is 0 Å². The fourth-order valence-electron chi connectivity index (χ4n) is 3.25. The van der Waals surface area contributed by atoms with Crippen molar-refractivity contribution < 1.29 is 4.79 Å². The molecule has 1 aromatic carbocycles. The molecule has 0 spiro atoms. The Morgan fingerprint density at radius 1 is 1.33 bits per heavy atom. The lowest BCUT2D eigenvalue weighted by atomic mass is 9.88. The van der Waals surface area contributed by atoms with E-state index in [-0.39, 0.29) is 5.91 Å². The standard InChI is InChI=1S/C17H27N3O/c1-14-9-5-4-8-12-20(14)13-17(19-2,16(18)21)15-10-6-3-7-11-15/h3,6-7,10-11,14,19H,4-5,8-9,12-13H2,1-2H3,(H2,18,21). The molecule has 2 atom stereocenters. The first kappa shape index (κ1) is 16.0. The molecule has 0 bridgehead atoms. The first-order valence-corrected chi connectivity index (χ1v) is 7.88. The first-order chi connectivity index (χ1) is 10.1. The molecular weight excluding hydrogens is 262 g/mol. The lowest BCUT2D eigenvalue weighted by Gasteiger charge is -2.38. The molecule has 4 nitrogen and oxygen atoms in total. The Kier molecular flexibility index (Phi) is 5.37. The highest BCUT2D eigenvalue weighted by atomic mass is 16.1. The quantitative estimate of drug-likeness (QED) is 0.870. The second-order valence-electron chi connectivity index (χ2n) is 6.05. The number of nitrogens with one attached hydrogen (secondary N) is 1. The summed E-state index contributed by atoms with van der Waals surface area (Å²) in [6, 6.07) is 10.3. The SMILES string of the molecule is CNC(CN1CCCCCC1C)(C(N)=O)c1ccccc1. The fourth-order valence-corrected chi connectivity index (χ4v) is 3.25. The number of rotatable bonds is 5. The molecule has 1 aliphatic heterocycles. The zero-order valence-electron chi connectivity index (χ0n) is 13.1. The summed E-state index contributed by atoms with van der Waals surface area (Å²) in [6.07, 6.45) is 4.92. The molecule has 1 aliphatic rings. The molecule has 21 heavy (non-hydrogen) atoms. The summed E-state index contributed by atoms with van der Waals surface area (Å²) >= 11 is 0. The van der Waals surface area contributed by atoms with Crippen LogP contribution in [0.3, 0.4) is 0 Å². The van der Waals surface area contributed by atoms with Gasteiger partial charge < -0.3 is 11.1 Å². The van der Waals surface area contributed by atoms with Gasteiger partial charge in [-0.05, 0) is 38.9 Å². The van der Waals surface area contributed by atoms with Gasteiger partial charge in [0.15, 0.2) is 0 Å². The molecule has 1 amide bonds. The van der Waals surface area contributed by atoms with Crippen molar-refractivity contribution in [2.24, 2.45) is 5.73 Å². The molecule has 4 heteroatoms. The Morgan fingerprint density at radius 3 is 2.67 bits per heavy atom. The Labute approximate surface area is 127 Å². The van der Waals surface area contributed by atoms with E-state index in [4.69, 9.17) is 5.73 Å². The van der Waals surface area contributed by atoms with Gasteiger partial charge in [-0.25, -0.2) is 0 Å². The fraction of sp³-hybridized carbons (Fsp3) is 0.588. The second kappa shape index (κ2) is 7.05. The van der Waals surface area contributed by atoms with Crippen molar-refractivity contribution in [2.75, 3.05) is 20.1 Å². The van der Waals surface area contributed by atoms with Crippen LogP contribution in [0.5, 0.6) is 0 Å². The van der Waals surface area contributed by atoms with Crippen molar-refractivity contribution in [1.29, 1.82) is 0 Å². The number of benzene rings is 1. The maximum Gasteiger partial charge on any atom is 0.243 e. The summed E-state index contributed by atoms with van der Waals surface area (Å²) in [5.41, 5.74) is 5.91. The lowest BCUT2D eigenvalue weighted by molar-refractivity contribution is -0.125. The predicted molar refractivity (Wildman–Crippen MR) is 85.9 cm³/mol. The topological polar surface area (TPSA) is 58.4 Å². The van der Waals surface area contributed by atoms with Crippen LogP contribution in [0.15, 0.2) is 30.3 Å². The van der Waals surface area contributed by atoms with Gasteiger partial charge in [-0.2, -0.15) is 0 Å². The Morgan fingerprint density at radius 2 is 2.05 bits per heavy atom. The first-order valence-electron chi connectivity index (χ1n) is 7.88. The number of carbonyl (C=O) groups excluding carboxylic acids is 1. The smallest absolute Gasteiger partial charge is 0.243 e. The molecule has 1 saturated heterocycles. The Balaban J connectivity index is 2.30. The summed E-state index contributed by atoms with van der Waals surface area (Å²) in [5.74, 6) is -0.312. The normalized spacial score (nSPS) is 23.2. The number of hydrogen-bond donors (Lipinski definition) is 2. The van der Waals surface area contributed by atoms with Gasteiger partial charge >= 0.3 is 0 Å². The van der Waals surface area contributed by atoms with Crippen LogP contribution in [-0.2, 0) is 10.3 Å². The highest BCUT2D eigenvalue weighted by Crippen LogP contribution is 2.25. The van der Waals surface area contributed by atoms with Crippen LogP contribution < -0.4 is 11.1 Å². The number of nitrogens with two attached hydrogens (primary N) is 1. The molecule has 0 saturated carbocycles. The Hall–Kier alpha value is -1.39. The molecule has 116 valence electrons. The second-order valence-corrected chi connectivity index (χ2v) is 6.05. The van der Waals surface area contributed by atoms with Crippen LogP contribution >= 0.6 is 0 Å². The molecule has 2 unspecified atom stereocenters. The van der Waals surface area contributed by atoms with Crippen LogP contribution in [0.2, 0.25) is 0 Å². The summed E-state index contributed by atoms with van der Waals surface area (Å²) in [7, 11) is 1.82. The molecule has 0 aliphatic carbocycles. The van der Waals surface area contributed by atoms with Crippen molar-refractivity contribution >= 4 is 5.91 Å². The average molecular weight is 289 g/mol. The highest BCUT2D eigenvalue weighted by molar-refractivity contribution is 5.86. The number of likely N-dealkylation sites (N-methyl/N-ethyl adjacent to an activating group) is 1. The molecule has 3 N–H and O–H groups in total. The van der Waals surface area contributed by atoms with Crippen LogP contribution in [0.4, 0.5) is 0 Å². The van der Waals surface area contributed by atoms with Crippen molar-refractivity contribution in [1.82, 2.24) is 10.2 Å². The minimum atomic E-state index is -0.820. The van der Waals surface area contributed by atoms with E-state index in [2.05, 4.69) is 17.1 Å². The van der Waals surface area contributed by atoms with Gasteiger partial charge in [0.1, 0.15) is 5.54 Å². The van der Waals surface area contributed by atoms with Crippen molar-refractivity contribution in [3.63, 3.8) is 0 Å². The van der Waals surface area contributed by atoms with Crippen LogP contribution in [0.25, 0.3) is 0 Å². The largest absolute Gasteiger partial charge is 0.368 e. The average Bonchev–Trinajstić information content (AvgIpc) is 2.70. The van der Waals surface area contributed by atoms with Gasteiger partial charge in [0, 0.05) is 12.6 Å². The van der Waals surface area contributed by atoms with E-state index in [1.807, 2.05) is 37.4 Å². The lowest BCUT2D eigenvalue weighted by Crippen LogP contribution is -2.59. The summed E-state index contributed by atoms with van der Waals surface area (Å²) in [6.45, 7) is 3.91. The maximum absolute atomic E-state index is 12.3. The molecule has 0 radical (unpaired) electrons. The van der Waals surface area contributed by atoms with E-state index < -0.39 is 5.54 Å².